The second kappa shape index (κ2) is 4.88. The quantitative estimate of drug-likeness (QED) is 0.699. The highest BCUT2D eigenvalue weighted by Gasteiger charge is 2.28. The van der Waals surface area contributed by atoms with Gasteiger partial charge in [-0.05, 0) is 12.8 Å². The lowest BCUT2D eigenvalue weighted by molar-refractivity contribution is -0.134. The van der Waals surface area contributed by atoms with Crippen molar-refractivity contribution in [2.75, 3.05) is 24.6 Å². The molecule has 2 rings (SSSR count). The van der Waals surface area contributed by atoms with E-state index in [1.165, 1.54) is 0 Å². The van der Waals surface area contributed by atoms with Gasteiger partial charge in [-0.1, -0.05) is 0 Å². The minimum absolute atomic E-state index is 0.0116. The molecule has 0 aromatic rings. The van der Waals surface area contributed by atoms with Crippen molar-refractivity contribution in [2.24, 2.45) is 0 Å². The molecule has 0 aromatic carbocycles. The molecule has 0 saturated carbocycles. The maximum absolute atomic E-state index is 12.0. The van der Waals surface area contributed by atoms with Crippen LogP contribution in [-0.4, -0.2) is 47.4 Å². The highest BCUT2D eigenvalue weighted by atomic mass is 32.2. The van der Waals surface area contributed by atoms with E-state index >= 15 is 0 Å². The van der Waals surface area contributed by atoms with Gasteiger partial charge in [-0.2, -0.15) is 11.8 Å². The van der Waals surface area contributed by atoms with Crippen molar-refractivity contribution in [2.45, 2.75) is 25.3 Å². The van der Waals surface area contributed by atoms with Gasteiger partial charge in [0.1, 0.15) is 6.04 Å². The Morgan fingerprint density at radius 1 is 1.40 bits per heavy atom. The number of hydrogen-bond donors (Lipinski definition) is 1. The average Bonchev–Trinajstić information content (AvgIpc) is 2.67. The largest absolute Gasteiger partial charge is 0.343 e. The number of nitrogens with one attached hydrogen (secondary N) is 1. The Morgan fingerprint density at radius 2 is 2.13 bits per heavy atom. The SMILES string of the molecule is O=C1CCSC[C@@H](C(=O)N2CCCC2)N1. The molecule has 1 N–H and O–H groups in total. The third kappa shape index (κ3) is 2.65. The van der Waals surface area contributed by atoms with Crippen LogP contribution in [0.3, 0.4) is 0 Å². The van der Waals surface area contributed by atoms with Crippen molar-refractivity contribution in [3.05, 3.63) is 0 Å². The van der Waals surface area contributed by atoms with Crippen molar-refractivity contribution < 1.29 is 9.59 Å². The zero-order valence-corrected chi connectivity index (χ0v) is 9.52. The molecule has 84 valence electrons. The van der Waals surface area contributed by atoms with Crippen molar-refractivity contribution in [3.8, 4) is 0 Å². The average molecular weight is 228 g/mol. The van der Waals surface area contributed by atoms with E-state index in [4.69, 9.17) is 0 Å². The lowest BCUT2D eigenvalue weighted by atomic mass is 10.2. The van der Waals surface area contributed by atoms with Crippen molar-refractivity contribution >= 4 is 23.6 Å². The molecule has 0 unspecified atom stereocenters. The zero-order chi connectivity index (χ0) is 10.7. The highest BCUT2D eigenvalue weighted by Crippen LogP contribution is 2.14. The van der Waals surface area contributed by atoms with Crippen LogP contribution in [0.15, 0.2) is 0 Å². The first-order chi connectivity index (χ1) is 7.27. The number of carbonyl (C=O) groups excluding carboxylic acids is 2. The summed E-state index contributed by atoms with van der Waals surface area (Å²) in [6.07, 6.45) is 2.73. The van der Waals surface area contributed by atoms with Crippen LogP contribution in [0.1, 0.15) is 19.3 Å². The fourth-order valence-corrected chi connectivity index (χ4v) is 2.92. The minimum Gasteiger partial charge on any atom is -0.343 e. The molecule has 0 spiro atoms. The molecule has 2 saturated heterocycles. The summed E-state index contributed by atoms with van der Waals surface area (Å²) in [6.45, 7) is 1.71. The van der Waals surface area contributed by atoms with Gasteiger partial charge in [0, 0.05) is 31.0 Å². The molecule has 2 heterocycles. The molecular formula is C10H16N2O2S. The lowest BCUT2D eigenvalue weighted by Gasteiger charge is -2.22. The summed E-state index contributed by atoms with van der Waals surface area (Å²) in [6, 6.07) is -0.289. The van der Waals surface area contributed by atoms with E-state index in [9.17, 15) is 9.59 Å². The number of nitrogens with zero attached hydrogens (tertiary/aromatic N) is 1. The molecule has 2 amide bonds. The molecule has 5 heteroatoms. The molecule has 2 aliphatic heterocycles. The third-order valence-corrected chi connectivity index (χ3v) is 3.87. The zero-order valence-electron chi connectivity index (χ0n) is 8.70. The predicted octanol–water partition coefficient (Wildman–Crippen LogP) is 0.231. The van der Waals surface area contributed by atoms with Gasteiger partial charge in [0.25, 0.3) is 0 Å². The molecule has 1 atom stereocenters. The van der Waals surface area contributed by atoms with Crippen LogP contribution in [0.4, 0.5) is 0 Å². The number of hydrogen-bond acceptors (Lipinski definition) is 3. The number of carbonyl (C=O) groups is 2. The van der Waals surface area contributed by atoms with E-state index in [2.05, 4.69) is 5.32 Å². The first-order valence-electron chi connectivity index (χ1n) is 5.43. The Labute approximate surface area is 93.8 Å². The van der Waals surface area contributed by atoms with Crippen molar-refractivity contribution in [3.63, 3.8) is 0 Å². The van der Waals surface area contributed by atoms with Gasteiger partial charge < -0.3 is 10.2 Å². The summed E-state index contributed by atoms with van der Waals surface area (Å²) >= 11 is 1.68. The van der Waals surface area contributed by atoms with E-state index in [0.29, 0.717) is 6.42 Å². The van der Waals surface area contributed by atoms with Crippen LogP contribution in [-0.2, 0) is 9.59 Å². The molecule has 4 nitrogen and oxygen atoms in total. The number of thioether (sulfide) groups is 1. The van der Waals surface area contributed by atoms with Gasteiger partial charge in [-0.25, -0.2) is 0 Å². The van der Waals surface area contributed by atoms with Gasteiger partial charge in [-0.3, -0.25) is 9.59 Å². The second-order valence-electron chi connectivity index (χ2n) is 3.98. The molecule has 2 aliphatic rings. The van der Waals surface area contributed by atoms with Crippen molar-refractivity contribution in [1.29, 1.82) is 0 Å². The molecular weight excluding hydrogens is 212 g/mol. The van der Waals surface area contributed by atoms with Crippen LogP contribution in [0.5, 0.6) is 0 Å². The first-order valence-corrected chi connectivity index (χ1v) is 6.59. The van der Waals surface area contributed by atoms with E-state index < -0.39 is 0 Å². The Hall–Kier alpha value is -0.710. The first kappa shape index (κ1) is 10.8. The van der Waals surface area contributed by atoms with E-state index in [1.807, 2.05) is 4.90 Å². The summed E-state index contributed by atoms with van der Waals surface area (Å²) in [5.41, 5.74) is 0. The number of likely N-dealkylation sites (tertiary alicyclic amines) is 1. The molecule has 0 radical (unpaired) electrons. The van der Waals surface area contributed by atoms with Gasteiger partial charge in [-0.15, -0.1) is 0 Å². The number of rotatable bonds is 1. The summed E-state index contributed by atoms with van der Waals surface area (Å²) < 4.78 is 0. The monoisotopic (exact) mass is 228 g/mol. The molecule has 0 bridgehead atoms. The maximum Gasteiger partial charge on any atom is 0.246 e. The normalized spacial score (nSPS) is 27.3. The molecule has 0 aliphatic carbocycles. The van der Waals surface area contributed by atoms with E-state index in [0.717, 1.165) is 37.4 Å². The second-order valence-corrected chi connectivity index (χ2v) is 5.13. The number of amides is 2. The van der Waals surface area contributed by atoms with Crippen LogP contribution in [0.25, 0.3) is 0 Å². The maximum atomic E-state index is 12.0. The predicted molar refractivity (Wildman–Crippen MR) is 59.7 cm³/mol. The fraction of sp³-hybridized carbons (Fsp3) is 0.800. The topological polar surface area (TPSA) is 49.4 Å². The summed E-state index contributed by atoms with van der Waals surface area (Å²) in [5, 5.41) is 2.80. The Balaban J connectivity index is 1.95. The van der Waals surface area contributed by atoms with Crippen molar-refractivity contribution in [1.82, 2.24) is 10.2 Å². The minimum atomic E-state index is -0.289. The van der Waals surface area contributed by atoms with Gasteiger partial charge >= 0.3 is 0 Å². The fourth-order valence-electron chi connectivity index (χ4n) is 1.97. The third-order valence-electron chi connectivity index (χ3n) is 2.81. The summed E-state index contributed by atoms with van der Waals surface area (Å²) in [5.74, 6) is 1.67. The summed E-state index contributed by atoms with van der Waals surface area (Å²) in [7, 11) is 0. The Kier molecular flexibility index (Phi) is 3.51. The van der Waals surface area contributed by atoms with Crippen LogP contribution in [0, 0.1) is 0 Å². The molecule has 15 heavy (non-hydrogen) atoms. The highest BCUT2D eigenvalue weighted by molar-refractivity contribution is 7.99. The van der Waals surface area contributed by atoms with Crippen LogP contribution < -0.4 is 5.32 Å². The van der Waals surface area contributed by atoms with Gasteiger partial charge in [0.15, 0.2) is 0 Å². The van der Waals surface area contributed by atoms with Gasteiger partial charge in [0.2, 0.25) is 11.8 Å². The Morgan fingerprint density at radius 3 is 2.87 bits per heavy atom. The van der Waals surface area contributed by atoms with Gasteiger partial charge in [0.05, 0.1) is 0 Å². The standard InChI is InChI=1S/C10H16N2O2S/c13-9-3-6-15-7-8(11-9)10(14)12-4-1-2-5-12/h8H,1-7H2,(H,11,13)/t8-/m0/s1. The Bertz CT molecular complexity index is 264. The van der Waals surface area contributed by atoms with E-state index in [-0.39, 0.29) is 17.9 Å². The molecule has 2 fully saturated rings. The van der Waals surface area contributed by atoms with E-state index in [1.54, 1.807) is 11.8 Å². The smallest absolute Gasteiger partial charge is 0.246 e. The lowest BCUT2D eigenvalue weighted by Crippen LogP contribution is -2.48. The van der Waals surface area contributed by atoms with Crippen LogP contribution >= 0.6 is 11.8 Å². The molecule has 0 aromatic heterocycles. The van der Waals surface area contributed by atoms with Crippen LogP contribution in [0.2, 0.25) is 0 Å². The summed E-state index contributed by atoms with van der Waals surface area (Å²) in [4.78, 5) is 25.2.